The first-order chi connectivity index (χ1) is 12.0. The number of benzene rings is 2. The summed E-state index contributed by atoms with van der Waals surface area (Å²) in [5, 5.41) is 14.9. The molecule has 2 aromatic rings. The molecule has 2 rings (SSSR count). The fraction of sp³-hybridized carbons (Fsp3) is 0.350. The Morgan fingerprint density at radius 1 is 1.04 bits per heavy atom. The van der Waals surface area contributed by atoms with E-state index in [0.717, 1.165) is 0 Å². The van der Waals surface area contributed by atoms with Gasteiger partial charge in [-0.2, -0.15) is 0 Å². The van der Waals surface area contributed by atoms with Gasteiger partial charge in [0.05, 0.1) is 5.54 Å². The predicted octanol–water partition coefficient (Wildman–Crippen LogP) is 5.47. The van der Waals surface area contributed by atoms with Crippen molar-refractivity contribution in [1.82, 2.24) is 5.32 Å². The van der Waals surface area contributed by atoms with Crippen LogP contribution in [0.1, 0.15) is 44.9 Å². The number of carbonyl (C=O) groups excluding carboxylic acids is 1. The number of aliphatic hydroxyl groups is 1. The highest BCUT2D eigenvalue weighted by Gasteiger charge is 2.39. The van der Waals surface area contributed by atoms with E-state index in [1.54, 1.807) is 76.2 Å². The average Bonchev–Trinajstić information content (AvgIpc) is 2.52. The van der Waals surface area contributed by atoms with Gasteiger partial charge < -0.3 is 15.2 Å². The fourth-order valence-electron chi connectivity index (χ4n) is 2.62. The second-order valence-electron chi connectivity index (χ2n) is 7.29. The molecule has 0 aliphatic heterocycles. The number of halogens is 2. The van der Waals surface area contributed by atoms with Crippen molar-refractivity contribution in [3.63, 3.8) is 0 Å². The number of hydrogen-bond acceptors (Lipinski definition) is 3. The lowest BCUT2D eigenvalue weighted by molar-refractivity contribution is 0.0236. The molecule has 2 unspecified atom stereocenters. The van der Waals surface area contributed by atoms with Gasteiger partial charge in [-0.25, -0.2) is 4.79 Å². The van der Waals surface area contributed by atoms with Crippen molar-refractivity contribution >= 4 is 29.3 Å². The number of ether oxygens (including phenoxy) is 1. The third-order valence-electron chi connectivity index (χ3n) is 3.92. The molecule has 0 aromatic heterocycles. The number of carbonyl (C=O) groups is 1. The Kier molecular flexibility index (Phi) is 6.22. The highest BCUT2D eigenvalue weighted by atomic mass is 35.5. The smallest absolute Gasteiger partial charge is 0.408 e. The highest BCUT2D eigenvalue weighted by molar-refractivity contribution is 6.30. The molecule has 0 fully saturated rings. The van der Waals surface area contributed by atoms with Crippen molar-refractivity contribution in [2.24, 2.45) is 0 Å². The summed E-state index contributed by atoms with van der Waals surface area (Å²) >= 11 is 12.0. The molecule has 0 spiro atoms. The molecule has 0 saturated heterocycles. The van der Waals surface area contributed by atoms with Crippen LogP contribution in [-0.2, 0) is 10.3 Å². The summed E-state index contributed by atoms with van der Waals surface area (Å²) in [6.45, 7) is 7.06. The van der Waals surface area contributed by atoms with Crippen LogP contribution < -0.4 is 5.32 Å². The van der Waals surface area contributed by atoms with E-state index in [1.165, 1.54) is 0 Å². The Hall–Kier alpha value is -1.75. The molecule has 2 atom stereocenters. The topological polar surface area (TPSA) is 58.6 Å². The van der Waals surface area contributed by atoms with Gasteiger partial charge in [0.15, 0.2) is 0 Å². The van der Waals surface area contributed by atoms with E-state index in [-0.39, 0.29) is 0 Å². The number of rotatable bonds is 4. The fourth-order valence-corrected chi connectivity index (χ4v) is 2.94. The summed E-state index contributed by atoms with van der Waals surface area (Å²) in [5.74, 6) is 0. The third kappa shape index (κ3) is 5.13. The van der Waals surface area contributed by atoms with Crippen molar-refractivity contribution in [3.8, 4) is 0 Å². The first-order valence-corrected chi connectivity index (χ1v) is 8.97. The Labute approximate surface area is 164 Å². The third-order valence-corrected chi connectivity index (χ3v) is 4.40. The summed E-state index contributed by atoms with van der Waals surface area (Å²) < 4.78 is 5.38. The van der Waals surface area contributed by atoms with Gasteiger partial charge in [-0.1, -0.05) is 47.5 Å². The maximum atomic E-state index is 12.4. The van der Waals surface area contributed by atoms with Gasteiger partial charge >= 0.3 is 6.09 Å². The molecule has 26 heavy (non-hydrogen) atoms. The Bertz CT molecular complexity index is 771. The minimum absolute atomic E-state index is 0.497. The zero-order valence-electron chi connectivity index (χ0n) is 15.2. The molecular weight excluding hydrogens is 373 g/mol. The number of hydrogen-bond donors (Lipinski definition) is 2. The van der Waals surface area contributed by atoms with E-state index in [1.807, 2.05) is 0 Å². The lowest BCUT2D eigenvalue weighted by Crippen LogP contribution is -2.49. The zero-order chi connectivity index (χ0) is 19.5. The van der Waals surface area contributed by atoms with E-state index in [0.29, 0.717) is 21.2 Å². The number of nitrogens with one attached hydrogen (secondary N) is 1. The van der Waals surface area contributed by atoms with Crippen LogP contribution in [-0.4, -0.2) is 16.8 Å². The van der Waals surface area contributed by atoms with Crippen molar-refractivity contribution < 1.29 is 14.6 Å². The van der Waals surface area contributed by atoms with E-state index in [4.69, 9.17) is 27.9 Å². The van der Waals surface area contributed by atoms with Gasteiger partial charge in [0.2, 0.25) is 0 Å². The predicted molar refractivity (Wildman–Crippen MR) is 105 cm³/mol. The minimum atomic E-state index is -1.16. The Balaban J connectivity index is 2.43. The molecule has 0 aliphatic rings. The summed E-state index contributed by atoms with van der Waals surface area (Å²) in [4.78, 5) is 12.4. The van der Waals surface area contributed by atoms with E-state index in [2.05, 4.69) is 5.32 Å². The van der Waals surface area contributed by atoms with Crippen LogP contribution in [0, 0.1) is 0 Å². The molecule has 0 radical (unpaired) electrons. The quantitative estimate of drug-likeness (QED) is 0.721. The zero-order valence-corrected chi connectivity index (χ0v) is 16.7. The summed E-state index contributed by atoms with van der Waals surface area (Å²) in [5.41, 5.74) is -0.560. The average molecular weight is 396 g/mol. The lowest BCUT2D eigenvalue weighted by Gasteiger charge is -2.37. The number of amides is 1. The molecule has 2 aromatic carbocycles. The van der Waals surface area contributed by atoms with Crippen molar-refractivity contribution in [2.75, 3.05) is 0 Å². The largest absolute Gasteiger partial charge is 0.444 e. The molecule has 6 heteroatoms. The molecular formula is C20H23Cl2NO3. The normalized spacial score (nSPS) is 15.0. The van der Waals surface area contributed by atoms with Crippen LogP contribution in [0.4, 0.5) is 4.79 Å². The van der Waals surface area contributed by atoms with Crippen LogP contribution in [0.25, 0.3) is 0 Å². The standard InChI is InChI=1S/C20H23Cl2NO3/c1-19(2,3)26-18(25)23-20(4,14-8-10-15(21)11-9-14)17(24)13-6-5-7-16(22)12-13/h5-12,17,24H,1-4H3,(H,23,25). The molecule has 0 heterocycles. The van der Waals surface area contributed by atoms with Gasteiger partial charge in [-0.15, -0.1) is 0 Å². The number of aliphatic hydroxyl groups excluding tert-OH is 1. The summed E-state index contributed by atoms with van der Waals surface area (Å²) in [6, 6.07) is 13.8. The Morgan fingerprint density at radius 3 is 2.19 bits per heavy atom. The van der Waals surface area contributed by atoms with Crippen molar-refractivity contribution in [3.05, 3.63) is 69.7 Å². The monoisotopic (exact) mass is 395 g/mol. The van der Waals surface area contributed by atoms with Crippen LogP contribution in [0.2, 0.25) is 10.0 Å². The lowest BCUT2D eigenvalue weighted by atomic mass is 9.83. The van der Waals surface area contributed by atoms with Crippen LogP contribution in [0.3, 0.4) is 0 Å². The molecule has 0 saturated carbocycles. The minimum Gasteiger partial charge on any atom is -0.444 e. The molecule has 0 aliphatic carbocycles. The van der Waals surface area contributed by atoms with Crippen molar-refractivity contribution in [1.29, 1.82) is 0 Å². The molecule has 140 valence electrons. The molecule has 1 amide bonds. The molecule has 2 N–H and O–H groups in total. The maximum absolute atomic E-state index is 12.4. The van der Waals surface area contributed by atoms with Gasteiger partial charge in [-0.05, 0) is 63.1 Å². The first-order valence-electron chi connectivity index (χ1n) is 8.22. The number of alkyl carbamates (subject to hydrolysis) is 1. The summed E-state index contributed by atoms with van der Waals surface area (Å²) in [6.07, 6.45) is -1.69. The second kappa shape index (κ2) is 7.87. The van der Waals surface area contributed by atoms with Crippen LogP contribution in [0.5, 0.6) is 0 Å². The van der Waals surface area contributed by atoms with Gasteiger partial charge in [0, 0.05) is 10.0 Å². The van der Waals surface area contributed by atoms with Crippen molar-refractivity contribution in [2.45, 2.75) is 44.9 Å². The Morgan fingerprint density at radius 2 is 1.65 bits per heavy atom. The second-order valence-corrected chi connectivity index (χ2v) is 8.17. The van der Waals surface area contributed by atoms with E-state index in [9.17, 15) is 9.90 Å². The summed E-state index contributed by atoms with van der Waals surface area (Å²) in [7, 11) is 0. The van der Waals surface area contributed by atoms with Gasteiger partial charge in [-0.3, -0.25) is 0 Å². The van der Waals surface area contributed by atoms with E-state index >= 15 is 0 Å². The highest BCUT2D eigenvalue weighted by Crippen LogP contribution is 2.36. The van der Waals surface area contributed by atoms with Crippen LogP contribution >= 0.6 is 23.2 Å². The molecule has 4 nitrogen and oxygen atoms in total. The van der Waals surface area contributed by atoms with Gasteiger partial charge in [0.25, 0.3) is 0 Å². The molecule has 0 bridgehead atoms. The van der Waals surface area contributed by atoms with Crippen LogP contribution in [0.15, 0.2) is 48.5 Å². The SMILES string of the molecule is CC(C)(C)OC(=O)NC(C)(c1ccc(Cl)cc1)C(O)c1cccc(Cl)c1. The first kappa shape index (κ1) is 20.6. The maximum Gasteiger partial charge on any atom is 0.408 e. The van der Waals surface area contributed by atoms with E-state index < -0.39 is 23.3 Å². The van der Waals surface area contributed by atoms with Gasteiger partial charge in [0.1, 0.15) is 11.7 Å².